The summed E-state index contributed by atoms with van der Waals surface area (Å²) in [4.78, 5) is 0.301. The van der Waals surface area contributed by atoms with Crippen molar-refractivity contribution in [1.82, 2.24) is 9.62 Å². The van der Waals surface area contributed by atoms with Crippen LogP contribution >= 0.6 is 11.6 Å². The molecule has 0 aromatic heterocycles. The van der Waals surface area contributed by atoms with E-state index < -0.39 is 10.0 Å². The first kappa shape index (κ1) is 24.6. The van der Waals surface area contributed by atoms with Gasteiger partial charge in [0.05, 0.1) is 4.90 Å². The Morgan fingerprint density at radius 2 is 1.66 bits per heavy atom. The molecule has 0 aliphatic heterocycles. The number of nitrogens with zero attached hydrogens (tertiary/aromatic N) is 1. The van der Waals surface area contributed by atoms with Crippen molar-refractivity contribution in [3.8, 4) is 0 Å². The number of aliphatic hydroxyl groups excluding tert-OH is 1. The summed E-state index contributed by atoms with van der Waals surface area (Å²) in [6, 6.07) is 6.37. The number of sulfonamides is 1. The largest absolute Gasteiger partial charge is 0.396 e. The van der Waals surface area contributed by atoms with Crippen LogP contribution in [0.15, 0.2) is 29.2 Å². The van der Waals surface area contributed by atoms with Gasteiger partial charge in [0.15, 0.2) is 0 Å². The van der Waals surface area contributed by atoms with Crippen LogP contribution in [0.2, 0.25) is 5.02 Å². The van der Waals surface area contributed by atoms with E-state index in [1.807, 2.05) is 0 Å². The Morgan fingerprint density at radius 3 is 2.31 bits per heavy atom. The summed E-state index contributed by atoms with van der Waals surface area (Å²) in [7, 11) is -1.77. The van der Waals surface area contributed by atoms with Crippen molar-refractivity contribution in [2.24, 2.45) is 11.8 Å². The van der Waals surface area contributed by atoms with E-state index in [1.165, 1.54) is 42.8 Å². The molecule has 0 radical (unpaired) electrons. The summed E-state index contributed by atoms with van der Waals surface area (Å²) in [6.45, 7) is 3.03. The van der Waals surface area contributed by atoms with Crippen molar-refractivity contribution in [3.05, 3.63) is 29.3 Å². The lowest BCUT2D eigenvalue weighted by Gasteiger charge is -2.29. The predicted octanol–water partition coefficient (Wildman–Crippen LogP) is 4.30. The molecule has 1 aromatic carbocycles. The third-order valence-electron chi connectivity index (χ3n) is 6.04. The van der Waals surface area contributed by atoms with Gasteiger partial charge in [-0.3, -0.25) is 0 Å². The maximum Gasteiger partial charge on any atom is 0.242 e. The van der Waals surface area contributed by atoms with Gasteiger partial charge in [-0.15, -0.1) is 0 Å². The molecule has 2 rings (SSSR count). The molecule has 0 heterocycles. The van der Waals surface area contributed by atoms with Crippen LogP contribution in [0.25, 0.3) is 0 Å². The number of halogens is 1. The maximum atomic E-state index is 12.7. The second-order valence-electron chi connectivity index (χ2n) is 8.30. The van der Waals surface area contributed by atoms with Gasteiger partial charge in [-0.2, -0.15) is 0 Å². The second kappa shape index (κ2) is 12.9. The van der Waals surface area contributed by atoms with Crippen LogP contribution in [0, 0.1) is 11.8 Å². The number of nitrogens with one attached hydrogen (secondary N) is 1. The fraction of sp³-hybridized carbons (Fsp3) is 0.727. The third-order valence-corrected chi connectivity index (χ3v) is 8.16. The van der Waals surface area contributed by atoms with Gasteiger partial charge < -0.3 is 10.4 Å². The lowest BCUT2D eigenvalue weighted by Crippen LogP contribution is -2.31. The highest BCUT2D eigenvalue weighted by Gasteiger charge is 2.24. The van der Waals surface area contributed by atoms with E-state index in [0.717, 1.165) is 38.3 Å². The molecule has 1 aromatic rings. The van der Waals surface area contributed by atoms with E-state index in [4.69, 9.17) is 16.7 Å². The lowest BCUT2D eigenvalue weighted by atomic mass is 9.80. The van der Waals surface area contributed by atoms with Crippen molar-refractivity contribution in [3.63, 3.8) is 0 Å². The summed E-state index contributed by atoms with van der Waals surface area (Å²) in [5.74, 6) is 1.37. The lowest BCUT2D eigenvalue weighted by molar-refractivity contribution is 0.247. The van der Waals surface area contributed by atoms with Crippen molar-refractivity contribution in [2.75, 3.05) is 33.3 Å². The van der Waals surface area contributed by atoms with Crippen LogP contribution < -0.4 is 5.32 Å². The number of hydrogen-bond donors (Lipinski definition) is 2. The van der Waals surface area contributed by atoms with Gasteiger partial charge in [-0.1, -0.05) is 37.3 Å². The van der Waals surface area contributed by atoms with Crippen LogP contribution in [-0.4, -0.2) is 51.1 Å². The normalized spacial score (nSPS) is 20.3. The Balaban J connectivity index is 1.62. The molecule has 7 heteroatoms. The van der Waals surface area contributed by atoms with E-state index in [1.54, 1.807) is 31.3 Å². The van der Waals surface area contributed by atoms with E-state index in [0.29, 0.717) is 29.0 Å². The maximum absolute atomic E-state index is 12.7. The van der Waals surface area contributed by atoms with Gasteiger partial charge >= 0.3 is 0 Å². The van der Waals surface area contributed by atoms with Gasteiger partial charge in [-0.25, -0.2) is 12.7 Å². The Hall–Kier alpha value is -0.660. The molecule has 0 saturated heterocycles. The molecule has 166 valence electrons. The molecule has 2 N–H and O–H groups in total. The standard InChI is InChI=1S/C22H37ClN2O3S/c1-25(29(27,28)22-12-10-21(23)11-13-22)16-14-19-6-8-20(9-7-19)18-24-15-4-2-3-5-17-26/h10-13,19-20,24,26H,2-9,14-18H2,1H3. The van der Waals surface area contributed by atoms with Crippen molar-refractivity contribution in [2.45, 2.75) is 62.7 Å². The first-order valence-corrected chi connectivity index (χ1v) is 12.8. The Morgan fingerprint density at radius 1 is 1.03 bits per heavy atom. The fourth-order valence-corrected chi connectivity index (χ4v) is 5.33. The van der Waals surface area contributed by atoms with Crippen molar-refractivity contribution >= 4 is 21.6 Å². The molecule has 0 spiro atoms. The van der Waals surface area contributed by atoms with Gasteiger partial charge in [0, 0.05) is 25.2 Å². The first-order chi connectivity index (χ1) is 13.9. The number of rotatable bonds is 13. The summed E-state index contributed by atoms with van der Waals surface area (Å²) in [6.07, 6.45) is 10.2. The zero-order valence-electron chi connectivity index (χ0n) is 17.7. The molecular weight excluding hydrogens is 408 g/mol. The Bertz CT molecular complexity index is 674. The van der Waals surface area contributed by atoms with Gasteiger partial charge in [0.1, 0.15) is 0 Å². The van der Waals surface area contributed by atoms with Crippen LogP contribution in [-0.2, 0) is 10.0 Å². The van der Waals surface area contributed by atoms with Gasteiger partial charge in [0.25, 0.3) is 0 Å². The molecule has 5 nitrogen and oxygen atoms in total. The van der Waals surface area contributed by atoms with Crippen molar-refractivity contribution in [1.29, 1.82) is 0 Å². The fourth-order valence-electron chi connectivity index (χ4n) is 4.02. The average Bonchev–Trinajstić information content (AvgIpc) is 2.72. The summed E-state index contributed by atoms with van der Waals surface area (Å²) < 4.78 is 26.8. The number of benzene rings is 1. The number of aliphatic hydroxyl groups is 1. The third kappa shape index (κ3) is 8.54. The van der Waals surface area contributed by atoms with Crippen LogP contribution in [0.1, 0.15) is 57.8 Å². The topological polar surface area (TPSA) is 69.6 Å². The van der Waals surface area contributed by atoms with Gasteiger partial charge in [-0.05, 0) is 81.3 Å². The summed E-state index contributed by atoms with van der Waals surface area (Å²) in [5.41, 5.74) is 0. The minimum Gasteiger partial charge on any atom is -0.396 e. The smallest absolute Gasteiger partial charge is 0.242 e. The molecule has 1 aliphatic carbocycles. The highest BCUT2D eigenvalue weighted by molar-refractivity contribution is 7.89. The molecule has 0 atom stereocenters. The molecule has 1 fully saturated rings. The molecule has 0 bridgehead atoms. The highest BCUT2D eigenvalue weighted by Crippen LogP contribution is 2.31. The second-order valence-corrected chi connectivity index (χ2v) is 10.8. The minimum atomic E-state index is -3.44. The van der Waals surface area contributed by atoms with E-state index in [2.05, 4.69) is 5.32 Å². The SMILES string of the molecule is CN(CCC1CCC(CNCCCCCCO)CC1)S(=O)(=O)c1ccc(Cl)cc1. The highest BCUT2D eigenvalue weighted by atomic mass is 35.5. The number of unbranched alkanes of at least 4 members (excludes halogenated alkanes) is 3. The van der Waals surface area contributed by atoms with Gasteiger partial charge in [0.2, 0.25) is 10.0 Å². The monoisotopic (exact) mass is 444 g/mol. The first-order valence-electron chi connectivity index (χ1n) is 11.0. The zero-order valence-corrected chi connectivity index (χ0v) is 19.2. The molecule has 29 heavy (non-hydrogen) atoms. The Labute approximate surface area is 181 Å². The van der Waals surface area contributed by atoms with Crippen molar-refractivity contribution < 1.29 is 13.5 Å². The molecular formula is C22H37ClN2O3S. The van der Waals surface area contributed by atoms with Crippen LogP contribution in [0.4, 0.5) is 0 Å². The zero-order chi connectivity index (χ0) is 21.1. The summed E-state index contributed by atoms with van der Waals surface area (Å²) >= 11 is 5.86. The van der Waals surface area contributed by atoms with E-state index in [-0.39, 0.29) is 0 Å². The molecule has 0 unspecified atom stereocenters. The quantitative estimate of drug-likeness (QED) is 0.445. The van der Waals surface area contributed by atoms with Crippen LogP contribution in [0.3, 0.4) is 0 Å². The van der Waals surface area contributed by atoms with Crippen LogP contribution in [0.5, 0.6) is 0 Å². The minimum absolute atomic E-state index is 0.301. The predicted molar refractivity (Wildman–Crippen MR) is 120 cm³/mol. The summed E-state index contributed by atoms with van der Waals surface area (Å²) in [5, 5.41) is 12.9. The molecule has 1 aliphatic rings. The molecule has 1 saturated carbocycles. The van der Waals surface area contributed by atoms with E-state index >= 15 is 0 Å². The Kier molecular flexibility index (Phi) is 10.9. The number of hydrogen-bond acceptors (Lipinski definition) is 4. The van der Waals surface area contributed by atoms with E-state index in [9.17, 15) is 8.42 Å². The molecule has 0 amide bonds. The average molecular weight is 445 g/mol.